The molecule has 0 spiro atoms. The van der Waals surface area contributed by atoms with Gasteiger partial charge in [-0.1, -0.05) is 0 Å². The second-order valence-electron chi connectivity index (χ2n) is 4.48. The van der Waals surface area contributed by atoms with Gasteiger partial charge in [0.25, 0.3) is 5.91 Å². The molecule has 1 N–H and O–H groups in total. The molecular formula is C13H19N3O3S. The average Bonchev–Trinajstić information content (AvgIpc) is 2.42. The molecule has 1 aromatic rings. The molecule has 20 heavy (non-hydrogen) atoms. The Hall–Kier alpha value is -1.60. The standard InChI is InChI=1S/C13H19N3O3S/c1-15(2)7-8-16(9-11(17)18)13(19)10-5-4-6-14-12(10)20-3/h4-6H,7-9H2,1-3H3,(H,17,18). The Kier molecular flexibility index (Phi) is 6.47. The highest BCUT2D eigenvalue weighted by atomic mass is 32.2. The fourth-order valence-corrected chi connectivity index (χ4v) is 2.16. The maximum atomic E-state index is 12.5. The molecule has 7 heteroatoms. The first-order chi connectivity index (χ1) is 9.45. The third kappa shape index (κ3) is 4.82. The molecule has 0 aliphatic carbocycles. The van der Waals surface area contributed by atoms with Crippen molar-refractivity contribution in [1.82, 2.24) is 14.8 Å². The predicted octanol–water partition coefficient (Wildman–Crippen LogP) is 0.892. The normalized spacial score (nSPS) is 10.6. The van der Waals surface area contributed by atoms with Gasteiger partial charge in [0, 0.05) is 19.3 Å². The van der Waals surface area contributed by atoms with Crippen molar-refractivity contribution >= 4 is 23.6 Å². The molecule has 0 atom stereocenters. The van der Waals surface area contributed by atoms with Crippen LogP contribution in [-0.2, 0) is 4.79 Å². The number of hydrogen-bond donors (Lipinski definition) is 1. The summed E-state index contributed by atoms with van der Waals surface area (Å²) in [5, 5.41) is 9.55. The van der Waals surface area contributed by atoms with E-state index in [9.17, 15) is 9.59 Å². The van der Waals surface area contributed by atoms with Crippen molar-refractivity contribution in [2.24, 2.45) is 0 Å². The molecule has 110 valence electrons. The molecule has 1 rings (SSSR count). The summed E-state index contributed by atoms with van der Waals surface area (Å²) in [5.41, 5.74) is 0.444. The molecule has 1 aromatic heterocycles. The van der Waals surface area contributed by atoms with E-state index in [0.717, 1.165) is 0 Å². The van der Waals surface area contributed by atoms with Crippen LogP contribution in [0.2, 0.25) is 0 Å². The number of carboxylic acid groups (broad SMARTS) is 1. The summed E-state index contributed by atoms with van der Waals surface area (Å²) in [6.07, 6.45) is 3.45. The largest absolute Gasteiger partial charge is 0.480 e. The first kappa shape index (κ1) is 16.5. The maximum absolute atomic E-state index is 12.5. The van der Waals surface area contributed by atoms with E-state index in [1.165, 1.54) is 16.7 Å². The van der Waals surface area contributed by atoms with Crippen LogP contribution in [0.4, 0.5) is 0 Å². The minimum Gasteiger partial charge on any atom is -0.480 e. The smallest absolute Gasteiger partial charge is 0.323 e. The van der Waals surface area contributed by atoms with Crippen molar-refractivity contribution in [2.75, 3.05) is 40.0 Å². The van der Waals surface area contributed by atoms with Crippen LogP contribution < -0.4 is 0 Å². The number of likely N-dealkylation sites (N-methyl/N-ethyl adjacent to an activating group) is 1. The van der Waals surface area contributed by atoms with Gasteiger partial charge in [-0.3, -0.25) is 9.59 Å². The Balaban J connectivity index is 2.93. The van der Waals surface area contributed by atoms with Crippen molar-refractivity contribution in [3.8, 4) is 0 Å². The third-order valence-corrected chi connectivity index (χ3v) is 3.34. The molecule has 1 heterocycles. The number of aromatic nitrogens is 1. The first-order valence-electron chi connectivity index (χ1n) is 6.10. The van der Waals surface area contributed by atoms with Crippen molar-refractivity contribution in [3.05, 3.63) is 23.9 Å². The first-order valence-corrected chi connectivity index (χ1v) is 7.33. The minimum atomic E-state index is -1.02. The van der Waals surface area contributed by atoms with Gasteiger partial charge >= 0.3 is 5.97 Å². The zero-order valence-corrected chi connectivity index (χ0v) is 12.7. The van der Waals surface area contributed by atoms with Crippen LogP contribution in [0, 0.1) is 0 Å². The quantitative estimate of drug-likeness (QED) is 0.754. The highest BCUT2D eigenvalue weighted by Crippen LogP contribution is 2.18. The lowest BCUT2D eigenvalue weighted by Gasteiger charge is -2.23. The molecule has 0 saturated carbocycles. The highest BCUT2D eigenvalue weighted by Gasteiger charge is 2.21. The molecule has 0 radical (unpaired) electrons. The number of aliphatic carboxylic acids is 1. The van der Waals surface area contributed by atoms with E-state index in [0.29, 0.717) is 23.7 Å². The Labute approximate surface area is 122 Å². The molecule has 0 aliphatic heterocycles. The summed E-state index contributed by atoms with van der Waals surface area (Å²) in [6, 6.07) is 3.35. The number of thioether (sulfide) groups is 1. The molecule has 0 saturated heterocycles. The number of carbonyl (C=O) groups excluding carboxylic acids is 1. The lowest BCUT2D eigenvalue weighted by atomic mass is 10.2. The monoisotopic (exact) mass is 297 g/mol. The van der Waals surface area contributed by atoms with Crippen LogP contribution in [0.15, 0.2) is 23.4 Å². The van der Waals surface area contributed by atoms with E-state index in [1.54, 1.807) is 18.3 Å². The van der Waals surface area contributed by atoms with Crippen molar-refractivity contribution < 1.29 is 14.7 Å². The predicted molar refractivity (Wildman–Crippen MR) is 78.1 cm³/mol. The lowest BCUT2D eigenvalue weighted by molar-refractivity contribution is -0.137. The molecular weight excluding hydrogens is 278 g/mol. The lowest BCUT2D eigenvalue weighted by Crippen LogP contribution is -2.40. The summed E-state index contributed by atoms with van der Waals surface area (Å²) in [4.78, 5) is 30.7. The van der Waals surface area contributed by atoms with Gasteiger partial charge in [-0.05, 0) is 32.5 Å². The van der Waals surface area contributed by atoms with Crippen LogP contribution in [-0.4, -0.2) is 71.8 Å². The van der Waals surface area contributed by atoms with Gasteiger partial charge in [0.15, 0.2) is 0 Å². The van der Waals surface area contributed by atoms with Gasteiger partial charge in [-0.25, -0.2) is 4.98 Å². The molecule has 0 fully saturated rings. The van der Waals surface area contributed by atoms with Gasteiger partial charge in [0.1, 0.15) is 11.6 Å². The molecule has 6 nitrogen and oxygen atoms in total. The third-order valence-electron chi connectivity index (χ3n) is 2.63. The van der Waals surface area contributed by atoms with Crippen LogP contribution >= 0.6 is 11.8 Å². The number of amides is 1. The number of hydrogen-bond acceptors (Lipinski definition) is 5. The van der Waals surface area contributed by atoms with Gasteiger partial charge < -0.3 is 14.9 Å². The molecule has 0 unspecified atom stereocenters. The van der Waals surface area contributed by atoms with E-state index in [1.807, 2.05) is 25.3 Å². The zero-order valence-electron chi connectivity index (χ0n) is 11.9. The van der Waals surface area contributed by atoms with Gasteiger partial charge in [0.2, 0.25) is 0 Å². The average molecular weight is 297 g/mol. The second-order valence-corrected chi connectivity index (χ2v) is 5.28. The summed E-state index contributed by atoms with van der Waals surface area (Å²) in [5.74, 6) is -1.32. The summed E-state index contributed by atoms with van der Waals surface area (Å²) in [6.45, 7) is 0.657. The van der Waals surface area contributed by atoms with E-state index in [2.05, 4.69) is 4.98 Å². The maximum Gasteiger partial charge on any atom is 0.323 e. The van der Waals surface area contributed by atoms with E-state index in [-0.39, 0.29) is 12.5 Å². The Morgan fingerprint density at radius 3 is 2.60 bits per heavy atom. The number of carbonyl (C=O) groups is 2. The minimum absolute atomic E-state index is 0.299. The molecule has 1 amide bonds. The van der Waals surface area contributed by atoms with Crippen LogP contribution in [0.25, 0.3) is 0 Å². The number of carboxylic acids is 1. The van der Waals surface area contributed by atoms with Crippen LogP contribution in [0.5, 0.6) is 0 Å². The SMILES string of the molecule is CSc1ncccc1C(=O)N(CCN(C)C)CC(=O)O. The van der Waals surface area contributed by atoms with Crippen LogP contribution in [0.1, 0.15) is 10.4 Å². The summed E-state index contributed by atoms with van der Waals surface area (Å²) >= 11 is 1.37. The molecule has 0 aromatic carbocycles. The van der Waals surface area contributed by atoms with E-state index >= 15 is 0 Å². The van der Waals surface area contributed by atoms with Gasteiger partial charge in [0.05, 0.1) is 5.56 Å². The topological polar surface area (TPSA) is 73.7 Å². The zero-order chi connectivity index (χ0) is 15.1. The van der Waals surface area contributed by atoms with Gasteiger partial charge in [-0.15, -0.1) is 11.8 Å². The Morgan fingerprint density at radius 2 is 2.05 bits per heavy atom. The fourth-order valence-electron chi connectivity index (χ4n) is 1.62. The highest BCUT2D eigenvalue weighted by molar-refractivity contribution is 7.98. The van der Waals surface area contributed by atoms with Crippen LogP contribution in [0.3, 0.4) is 0 Å². The molecule has 0 aliphatic rings. The Bertz CT molecular complexity index is 480. The summed E-state index contributed by atoms with van der Waals surface area (Å²) in [7, 11) is 3.75. The Morgan fingerprint density at radius 1 is 1.35 bits per heavy atom. The number of rotatable bonds is 7. The second kappa shape index (κ2) is 7.86. The molecule has 0 bridgehead atoms. The van der Waals surface area contributed by atoms with Crippen molar-refractivity contribution in [1.29, 1.82) is 0 Å². The van der Waals surface area contributed by atoms with Crippen molar-refractivity contribution in [3.63, 3.8) is 0 Å². The number of pyridine rings is 1. The van der Waals surface area contributed by atoms with E-state index < -0.39 is 5.97 Å². The number of nitrogens with zero attached hydrogens (tertiary/aromatic N) is 3. The fraction of sp³-hybridized carbons (Fsp3) is 0.462. The van der Waals surface area contributed by atoms with Crippen molar-refractivity contribution in [2.45, 2.75) is 5.03 Å². The summed E-state index contributed by atoms with van der Waals surface area (Å²) < 4.78 is 0. The van der Waals surface area contributed by atoms with E-state index in [4.69, 9.17) is 5.11 Å². The van der Waals surface area contributed by atoms with Gasteiger partial charge in [-0.2, -0.15) is 0 Å².